The van der Waals surface area contributed by atoms with Gasteiger partial charge in [-0.05, 0) is 53.9 Å². The number of hydrogen-bond acceptors (Lipinski definition) is 4. The maximum Gasteiger partial charge on any atom is 0.140 e. The van der Waals surface area contributed by atoms with Gasteiger partial charge in [-0.15, -0.1) is 0 Å². The van der Waals surface area contributed by atoms with Crippen LogP contribution >= 0.6 is 0 Å². The lowest BCUT2D eigenvalue weighted by atomic mass is 9.77. The van der Waals surface area contributed by atoms with Crippen molar-refractivity contribution in [2.45, 2.75) is 31.8 Å². The minimum atomic E-state index is -0.137. The molecule has 152 valence electrons. The standard InChI is InChI=1S/C27H23N3O/c1-2-24-26(31)16-25(21-12-8-19(17-28)9-13-21)30(23-6-4-3-5-7-23)27(24)22-14-10-20(18-29)11-15-22/h3-15,24-25,27H,2,16H2,1H3/t24-,25+,27+/m0/s1. The number of Topliss-reactive ketones (excluding diaryl/α,β-unsaturated/α-hetero) is 1. The largest absolute Gasteiger partial charge is 0.356 e. The highest BCUT2D eigenvalue weighted by Crippen LogP contribution is 2.47. The molecule has 3 aromatic carbocycles. The van der Waals surface area contributed by atoms with Gasteiger partial charge in [-0.25, -0.2) is 0 Å². The fraction of sp³-hybridized carbons (Fsp3) is 0.222. The molecular weight excluding hydrogens is 382 g/mol. The van der Waals surface area contributed by atoms with Crippen molar-refractivity contribution >= 4 is 11.5 Å². The average molecular weight is 406 g/mol. The van der Waals surface area contributed by atoms with Gasteiger partial charge in [0, 0.05) is 18.0 Å². The number of nitriles is 2. The Kier molecular flexibility index (Phi) is 5.83. The summed E-state index contributed by atoms with van der Waals surface area (Å²) >= 11 is 0. The number of carbonyl (C=O) groups excluding carboxylic acids is 1. The molecule has 0 spiro atoms. The van der Waals surface area contributed by atoms with E-state index in [2.05, 4.69) is 36.1 Å². The molecule has 1 heterocycles. The number of para-hydroxylation sites is 1. The van der Waals surface area contributed by atoms with Crippen molar-refractivity contribution in [2.75, 3.05) is 4.90 Å². The Morgan fingerprint density at radius 2 is 1.39 bits per heavy atom. The number of rotatable bonds is 4. The zero-order valence-corrected chi connectivity index (χ0v) is 17.4. The molecule has 0 aromatic heterocycles. The van der Waals surface area contributed by atoms with Crippen LogP contribution in [0.2, 0.25) is 0 Å². The summed E-state index contributed by atoms with van der Waals surface area (Å²) < 4.78 is 0. The van der Waals surface area contributed by atoms with Crippen molar-refractivity contribution in [3.05, 3.63) is 101 Å². The Hall–Kier alpha value is -3.89. The van der Waals surface area contributed by atoms with Gasteiger partial charge in [0.2, 0.25) is 0 Å². The number of piperidine rings is 1. The highest BCUT2D eigenvalue weighted by atomic mass is 16.1. The number of hydrogen-bond donors (Lipinski definition) is 0. The lowest BCUT2D eigenvalue weighted by Gasteiger charge is -2.47. The smallest absolute Gasteiger partial charge is 0.140 e. The fourth-order valence-corrected chi connectivity index (χ4v) is 4.60. The second-order valence-corrected chi connectivity index (χ2v) is 7.86. The normalized spacial score (nSPS) is 20.7. The molecule has 0 unspecified atom stereocenters. The van der Waals surface area contributed by atoms with Gasteiger partial charge in [0.1, 0.15) is 5.78 Å². The summed E-state index contributed by atoms with van der Waals surface area (Å²) in [6.45, 7) is 2.06. The zero-order chi connectivity index (χ0) is 21.8. The molecule has 1 aliphatic rings. The molecule has 1 aliphatic heterocycles. The maximum absolute atomic E-state index is 13.3. The van der Waals surface area contributed by atoms with Crippen molar-refractivity contribution in [1.29, 1.82) is 10.5 Å². The van der Waals surface area contributed by atoms with Gasteiger partial charge >= 0.3 is 0 Å². The summed E-state index contributed by atoms with van der Waals surface area (Å²) in [7, 11) is 0. The molecular formula is C27H23N3O. The van der Waals surface area contributed by atoms with Crippen LogP contribution in [0.1, 0.15) is 54.1 Å². The Morgan fingerprint density at radius 3 is 1.90 bits per heavy atom. The van der Waals surface area contributed by atoms with E-state index in [-0.39, 0.29) is 23.8 Å². The van der Waals surface area contributed by atoms with Gasteiger partial charge in [0.25, 0.3) is 0 Å². The van der Waals surface area contributed by atoms with E-state index in [0.717, 1.165) is 23.2 Å². The Bertz CT molecular complexity index is 1140. The van der Waals surface area contributed by atoms with Crippen LogP contribution in [-0.4, -0.2) is 5.78 Å². The number of nitrogens with zero attached hydrogens (tertiary/aromatic N) is 3. The average Bonchev–Trinajstić information content (AvgIpc) is 2.84. The second-order valence-electron chi connectivity index (χ2n) is 7.86. The first-order valence-corrected chi connectivity index (χ1v) is 10.5. The fourth-order valence-electron chi connectivity index (χ4n) is 4.60. The molecule has 0 radical (unpaired) electrons. The zero-order valence-electron chi connectivity index (χ0n) is 17.4. The van der Waals surface area contributed by atoms with Crippen molar-refractivity contribution < 1.29 is 4.79 Å². The summed E-state index contributed by atoms with van der Waals surface area (Å²) in [4.78, 5) is 15.6. The van der Waals surface area contributed by atoms with Crippen molar-refractivity contribution in [2.24, 2.45) is 5.92 Å². The van der Waals surface area contributed by atoms with E-state index in [0.29, 0.717) is 17.5 Å². The van der Waals surface area contributed by atoms with Gasteiger partial charge in [-0.3, -0.25) is 4.79 Å². The maximum atomic E-state index is 13.3. The summed E-state index contributed by atoms with van der Waals surface area (Å²) in [6.07, 6.45) is 1.17. The van der Waals surface area contributed by atoms with E-state index in [1.165, 1.54) is 0 Å². The van der Waals surface area contributed by atoms with Gasteiger partial charge in [0.15, 0.2) is 0 Å². The van der Waals surface area contributed by atoms with E-state index in [1.54, 1.807) is 0 Å². The van der Waals surface area contributed by atoms with Crippen LogP contribution in [0.3, 0.4) is 0 Å². The van der Waals surface area contributed by atoms with Crippen LogP contribution in [0.15, 0.2) is 78.9 Å². The Balaban J connectivity index is 1.87. The monoisotopic (exact) mass is 405 g/mol. The molecule has 0 N–H and O–H groups in total. The summed E-state index contributed by atoms with van der Waals surface area (Å²) in [5.74, 6) is 0.112. The first-order valence-electron chi connectivity index (χ1n) is 10.5. The predicted octanol–water partition coefficient (Wildman–Crippen LogP) is 5.72. The lowest BCUT2D eigenvalue weighted by molar-refractivity contribution is -0.125. The van der Waals surface area contributed by atoms with Crippen LogP contribution in [0.4, 0.5) is 5.69 Å². The van der Waals surface area contributed by atoms with E-state index < -0.39 is 0 Å². The molecule has 31 heavy (non-hydrogen) atoms. The molecule has 0 aliphatic carbocycles. The third-order valence-corrected chi connectivity index (χ3v) is 6.12. The summed E-state index contributed by atoms with van der Waals surface area (Å²) in [5, 5.41) is 18.4. The number of ketones is 1. The Labute approximate surface area is 183 Å². The minimum Gasteiger partial charge on any atom is -0.356 e. The quantitative estimate of drug-likeness (QED) is 0.557. The highest BCUT2D eigenvalue weighted by Gasteiger charge is 2.42. The van der Waals surface area contributed by atoms with Crippen LogP contribution in [0.25, 0.3) is 0 Å². The Morgan fingerprint density at radius 1 is 0.839 bits per heavy atom. The van der Waals surface area contributed by atoms with Gasteiger partial charge in [-0.1, -0.05) is 49.4 Å². The molecule has 4 rings (SSSR count). The predicted molar refractivity (Wildman–Crippen MR) is 120 cm³/mol. The van der Waals surface area contributed by atoms with Crippen molar-refractivity contribution in [3.8, 4) is 12.1 Å². The van der Waals surface area contributed by atoms with E-state index in [4.69, 9.17) is 0 Å². The molecule has 3 aromatic rings. The molecule has 0 saturated carbocycles. The molecule has 3 atom stereocenters. The number of anilines is 1. The SMILES string of the molecule is CC[C@H]1C(=O)C[C@H](c2ccc(C#N)cc2)N(c2ccccc2)[C@@H]1c1ccc(C#N)cc1. The first kappa shape index (κ1) is 20.4. The lowest BCUT2D eigenvalue weighted by Crippen LogP contribution is -2.45. The van der Waals surface area contributed by atoms with Crippen LogP contribution in [0.5, 0.6) is 0 Å². The molecule has 4 nitrogen and oxygen atoms in total. The molecule has 0 amide bonds. The van der Waals surface area contributed by atoms with E-state index >= 15 is 0 Å². The number of carbonyl (C=O) groups is 1. The van der Waals surface area contributed by atoms with Crippen LogP contribution < -0.4 is 4.90 Å². The minimum absolute atomic E-state index is 0.133. The van der Waals surface area contributed by atoms with Gasteiger partial charge in [-0.2, -0.15) is 10.5 Å². The number of benzene rings is 3. The first-order chi connectivity index (χ1) is 15.2. The van der Waals surface area contributed by atoms with Crippen molar-refractivity contribution in [3.63, 3.8) is 0 Å². The molecule has 1 saturated heterocycles. The van der Waals surface area contributed by atoms with Crippen LogP contribution in [0, 0.1) is 28.6 Å². The van der Waals surface area contributed by atoms with Gasteiger partial charge < -0.3 is 4.90 Å². The van der Waals surface area contributed by atoms with Crippen molar-refractivity contribution in [1.82, 2.24) is 0 Å². The summed E-state index contributed by atoms with van der Waals surface area (Å²) in [6, 6.07) is 29.3. The molecule has 1 fully saturated rings. The topological polar surface area (TPSA) is 67.9 Å². The molecule has 0 bridgehead atoms. The second kappa shape index (κ2) is 8.86. The highest BCUT2D eigenvalue weighted by molar-refractivity contribution is 5.86. The van der Waals surface area contributed by atoms with Crippen LogP contribution in [-0.2, 0) is 4.79 Å². The third kappa shape index (κ3) is 3.93. The third-order valence-electron chi connectivity index (χ3n) is 6.12. The van der Waals surface area contributed by atoms with E-state index in [1.807, 2.05) is 66.7 Å². The molecule has 4 heteroatoms. The summed E-state index contributed by atoms with van der Waals surface area (Å²) in [5.41, 5.74) is 4.31. The van der Waals surface area contributed by atoms with Gasteiger partial charge in [0.05, 0.1) is 35.3 Å². The van der Waals surface area contributed by atoms with E-state index in [9.17, 15) is 15.3 Å².